The summed E-state index contributed by atoms with van der Waals surface area (Å²) in [6, 6.07) is 11.3. The minimum atomic E-state index is -4.05. The van der Waals surface area contributed by atoms with Gasteiger partial charge in [-0.25, -0.2) is 21.6 Å². The summed E-state index contributed by atoms with van der Waals surface area (Å²) in [5.74, 6) is 0.391. The number of hydrogen-bond donors (Lipinski definition) is 2. The highest BCUT2D eigenvalue weighted by Crippen LogP contribution is 2.23. The lowest BCUT2D eigenvalue weighted by atomic mass is 10.1. The van der Waals surface area contributed by atoms with Crippen LogP contribution in [0.1, 0.15) is 84.5 Å². The van der Waals surface area contributed by atoms with Crippen LogP contribution in [-0.2, 0) is 24.8 Å². The van der Waals surface area contributed by atoms with E-state index in [4.69, 9.17) is 16.3 Å². The first kappa shape index (κ1) is 33.1. The van der Waals surface area contributed by atoms with E-state index in [0.717, 1.165) is 31.7 Å². The summed E-state index contributed by atoms with van der Waals surface area (Å²) >= 11 is 5.75. The standard InChI is InChI=1S/C28H41ClN2O6S2/c1-3-5-7-8-9-10-11-12-16-27(28(29)32)37-24-19-17-23(18-20-24)31-39(35,36)26-15-13-14-25(22-26)38(33,34)30-21-6-4-2/h13-15,17-20,22,27,30-31H,3-12,16,21H2,1-2H3. The summed E-state index contributed by atoms with van der Waals surface area (Å²) in [4.78, 5) is 11.6. The molecule has 1 unspecified atom stereocenters. The van der Waals surface area contributed by atoms with Gasteiger partial charge >= 0.3 is 0 Å². The Morgan fingerprint density at radius 3 is 1.95 bits per heavy atom. The van der Waals surface area contributed by atoms with Crippen LogP contribution in [0.5, 0.6) is 5.75 Å². The maximum Gasteiger partial charge on any atom is 0.262 e. The number of hydrogen-bond acceptors (Lipinski definition) is 6. The average Bonchev–Trinajstić information content (AvgIpc) is 2.90. The Hall–Kier alpha value is -2.14. The number of carbonyl (C=O) groups excluding carboxylic acids is 1. The molecule has 8 nitrogen and oxygen atoms in total. The van der Waals surface area contributed by atoms with Gasteiger partial charge in [0.15, 0.2) is 6.10 Å². The Morgan fingerprint density at radius 2 is 1.36 bits per heavy atom. The Balaban J connectivity index is 1.95. The number of rotatable bonds is 20. The van der Waals surface area contributed by atoms with Gasteiger partial charge < -0.3 is 4.74 Å². The summed E-state index contributed by atoms with van der Waals surface area (Å²) in [7, 11) is -7.88. The third kappa shape index (κ3) is 11.9. The van der Waals surface area contributed by atoms with Crippen LogP contribution in [0.4, 0.5) is 5.69 Å². The summed E-state index contributed by atoms with van der Waals surface area (Å²) in [5, 5.41) is -0.568. The van der Waals surface area contributed by atoms with Crippen molar-refractivity contribution in [3.63, 3.8) is 0 Å². The van der Waals surface area contributed by atoms with E-state index in [9.17, 15) is 21.6 Å². The Labute approximate surface area is 239 Å². The van der Waals surface area contributed by atoms with Crippen molar-refractivity contribution in [2.75, 3.05) is 11.3 Å². The molecular weight excluding hydrogens is 560 g/mol. The topological polar surface area (TPSA) is 119 Å². The van der Waals surface area contributed by atoms with E-state index in [2.05, 4.69) is 16.4 Å². The molecule has 39 heavy (non-hydrogen) atoms. The first-order chi connectivity index (χ1) is 18.6. The number of sulfonamides is 2. The lowest BCUT2D eigenvalue weighted by Gasteiger charge is -2.16. The smallest absolute Gasteiger partial charge is 0.262 e. The van der Waals surface area contributed by atoms with Crippen LogP contribution in [0.3, 0.4) is 0 Å². The lowest BCUT2D eigenvalue weighted by molar-refractivity contribution is -0.118. The number of benzene rings is 2. The molecule has 0 aliphatic rings. The van der Waals surface area contributed by atoms with Crippen LogP contribution >= 0.6 is 11.6 Å². The van der Waals surface area contributed by atoms with Crippen molar-refractivity contribution in [3.8, 4) is 5.75 Å². The predicted molar refractivity (Wildman–Crippen MR) is 156 cm³/mol. The van der Waals surface area contributed by atoms with Gasteiger partial charge in [0.25, 0.3) is 15.3 Å². The lowest BCUT2D eigenvalue weighted by Crippen LogP contribution is -2.25. The van der Waals surface area contributed by atoms with Crippen molar-refractivity contribution in [1.29, 1.82) is 0 Å². The van der Waals surface area contributed by atoms with Crippen LogP contribution in [-0.4, -0.2) is 34.7 Å². The normalized spacial score (nSPS) is 12.7. The third-order valence-corrected chi connectivity index (χ3v) is 9.29. The van der Waals surface area contributed by atoms with E-state index in [0.29, 0.717) is 18.6 Å². The molecule has 0 amide bonds. The molecule has 11 heteroatoms. The molecule has 0 aliphatic heterocycles. The van der Waals surface area contributed by atoms with Gasteiger partial charge in [0.1, 0.15) is 5.75 Å². The molecule has 218 valence electrons. The van der Waals surface area contributed by atoms with E-state index < -0.39 is 31.4 Å². The van der Waals surface area contributed by atoms with Crippen molar-refractivity contribution in [3.05, 3.63) is 48.5 Å². The predicted octanol–water partition coefficient (Wildman–Crippen LogP) is 6.61. The van der Waals surface area contributed by atoms with Gasteiger partial charge in [-0.2, -0.15) is 0 Å². The summed E-state index contributed by atoms with van der Waals surface area (Å²) < 4.78 is 61.5. The monoisotopic (exact) mass is 600 g/mol. The van der Waals surface area contributed by atoms with Gasteiger partial charge in [0.2, 0.25) is 10.0 Å². The van der Waals surface area contributed by atoms with E-state index in [-0.39, 0.29) is 22.0 Å². The zero-order chi connectivity index (χ0) is 28.7. The van der Waals surface area contributed by atoms with E-state index in [1.54, 1.807) is 12.1 Å². The van der Waals surface area contributed by atoms with Crippen LogP contribution in [0, 0.1) is 0 Å². The second-order valence-corrected chi connectivity index (χ2v) is 13.4. The SMILES string of the molecule is CCCCCCCCCCC(Oc1ccc(NS(=O)(=O)c2cccc(S(=O)(=O)NCCCC)c2)cc1)C(=O)Cl. The molecule has 0 saturated carbocycles. The molecule has 0 saturated heterocycles. The molecule has 1 atom stereocenters. The molecule has 2 N–H and O–H groups in total. The number of anilines is 1. The highest BCUT2D eigenvalue weighted by molar-refractivity contribution is 7.93. The number of halogens is 1. The largest absolute Gasteiger partial charge is 0.481 e. The molecule has 2 rings (SSSR count). The molecule has 0 radical (unpaired) electrons. The van der Waals surface area contributed by atoms with Crippen LogP contribution in [0.25, 0.3) is 0 Å². The summed E-state index contributed by atoms with van der Waals surface area (Å²) in [6.45, 7) is 4.41. The van der Waals surface area contributed by atoms with Gasteiger partial charge in [-0.05, 0) is 73.3 Å². The number of ether oxygens (including phenoxy) is 1. The molecule has 0 aliphatic carbocycles. The molecule has 0 fully saturated rings. The maximum atomic E-state index is 12.9. The summed E-state index contributed by atoms with van der Waals surface area (Å²) in [5.41, 5.74) is 0.258. The number of unbranched alkanes of at least 4 members (excludes halogenated alkanes) is 8. The molecular formula is C28H41ClN2O6S2. The fourth-order valence-corrected chi connectivity index (χ4v) is 6.39. The number of nitrogens with one attached hydrogen (secondary N) is 2. The molecule has 0 heterocycles. The second-order valence-electron chi connectivity index (χ2n) is 9.53. The average molecular weight is 601 g/mol. The van der Waals surface area contributed by atoms with Gasteiger partial charge in [0.05, 0.1) is 9.79 Å². The Bertz CT molecular complexity index is 1230. The zero-order valence-corrected chi connectivity index (χ0v) is 25.2. The van der Waals surface area contributed by atoms with Crippen LogP contribution in [0.15, 0.2) is 58.3 Å². The van der Waals surface area contributed by atoms with Gasteiger partial charge in [-0.15, -0.1) is 0 Å². The van der Waals surface area contributed by atoms with E-state index in [1.807, 2.05) is 6.92 Å². The van der Waals surface area contributed by atoms with Crippen molar-refractivity contribution in [2.24, 2.45) is 0 Å². The van der Waals surface area contributed by atoms with Crippen molar-refractivity contribution in [1.82, 2.24) is 4.72 Å². The zero-order valence-electron chi connectivity index (χ0n) is 22.8. The van der Waals surface area contributed by atoms with Gasteiger partial charge in [-0.1, -0.05) is 71.3 Å². The minimum Gasteiger partial charge on any atom is -0.481 e. The molecule has 0 bridgehead atoms. The Kier molecular flexibility index (Phi) is 14.3. The van der Waals surface area contributed by atoms with Crippen LogP contribution < -0.4 is 14.2 Å². The third-order valence-electron chi connectivity index (χ3n) is 6.21. The second kappa shape index (κ2) is 16.8. The van der Waals surface area contributed by atoms with Crippen molar-refractivity contribution < 1.29 is 26.4 Å². The molecule has 0 spiro atoms. The maximum absolute atomic E-state index is 12.9. The fraction of sp³-hybridized carbons (Fsp3) is 0.536. The fourth-order valence-electron chi connectivity index (χ4n) is 3.94. The molecule has 2 aromatic rings. The first-order valence-corrected chi connectivity index (χ1v) is 17.0. The highest BCUT2D eigenvalue weighted by atomic mass is 35.5. The minimum absolute atomic E-state index is 0.126. The van der Waals surface area contributed by atoms with E-state index >= 15 is 0 Å². The highest BCUT2D eigenvalue weighted by Gasteiger charge is 2.21. The van der Waals surface area contributed by atoms with Gasteiger partial charge in [-0.3, -0.25) is 9.52 Å². The summed E-state index contributed by atoms with van der Waals surface area (Å²) in [6.07, 6.45) is 10.4. The first-order valence-electron chi connectivity index (χ1n) is 13.7. The van der Waals surface area contributed by atoms with Crippen molar-refractivity contribution in [2.45, 2.75) is 100 Å². The van der Waals surface area contributed by atoms with Crippen LogP contribution in [0.2, 0.25) is 0 Å². The molecule has 0 aromatic heterocycles. The van der Waals surface area contributed by atoms with Crippen molar-refractivity contribution >= 4 is 42.6 Å². The number of carbonyl (C=O) groups is 1. The Morgan fingerprint density at radius 1 is 0.795 bits per heavy atom. The molecule has 2 aromatic carbocycles. The quantitative estimate of drug-likeness (QED) is 0.130. The van der Waals surface area contributed by atoms with Gasteiger partial charge in [0, 0.05) is 12.2 Å². The van der Waals surface area contributed by atoms with E-state index in [1.165, 1.54) is 62.4 Å².